The molecular formula is C10H23NO4Si. The molecule has 0 radical (unpaired) electrons. The molecule has 0 aromatic rings. The summed E-state index contributed by atoms with van der Waals surface area (Å²) in [5.74, 6) is 0. The first-order valence-corrected chi connectivity index (χ1v) is 7.54. The van der Waals surface area contributed by atoms with Crippen LogP contribution in [0.4, 0.5) is 0 Å². The van der Waals surface area contributed by atoms with Gasteiger partial charge in [0.1, 0.15) is 0 Å². The van der Waals surface area contributed by atoms with Crippen molar-refractivity contribution in [3.8, 4) is 0 Å². The highest BCUT2D eigenvalue weighted by Crippen LogP contribution is 2.16. The van der Waals surface area contributed by atoms with Gasteiger partial charge in [0.2, 0.25) is 0 Å². The van der Waals surface area contributed by atoms with E-state index in [4.69, 9.17) is 18.0 Å². The summed E-state index contributed by atoms with van der Waals surface area (Å²) in [7, 11) is 4.70. The number of likely N-dealkylation sites (N-methyl/N-ethyl adjacent to an activating group) is 1. The number of rotatable bonds is 9. The third kappa shape index (κ3) is 4.48. The van der Waals surface area contributed by atoms with Gasteiger partial charge in [-0.15, -0.1) is 0 Å². The molecule has 5 nitrogen and oxygen atoms in total. The molecule has 16 heavy (non-hydrogen) atoms. The zero-order chi connectivity index (χ0) is 12.0. The lowest BCUT2D eigenvalue weighted by atomic mass is 10.4. The molecule has 0 aromatic heterocycles. The summed E-state index contributed by atoms with van der Waals surface area (Å²) in [6.07, 6.45) is 1.48. The average molecular weight is 249 g/mol. The molecule has 1 heterocycles. The van der Waals surface area contributed by atoms with Crippen molar-refractivity contribution < 1.29 is 18.0 Å². The van der Waals surface area contributed by atoms with Crippen LogP contribution >= 0.6 is 0 Å². The Morgan fingerprint density at radius 1 is 1.25 bits per heavy atom. The van der Waals surface area contributed by atoms with Gasteiger partial charge in [0.05, 0.1) is 12.7 Å². The van der Waals surface area contributed by atoms with Gasteiger partial charge in [0.25, 0.3) is 0 Å². The van der Waals surface area contributed by atoms with Crippen molar-refractivity contribution in [3.05, 3.63) is 0 Å². The molecule has 1 saturated heterocycles. The topological polar surface area (TPSA) is 43.5 Å². The van der Waals surface area contributed by atoms with Crippen molar-refractivity contribution >= 4 is 8.80 Å². The van der Waals surface area contributed by atoms with Gasteiger partial charge in [-0.2, -0.15) is 0 Å². The van der Waals surface area contributed by atoms with Crippen LogP contribution in [0.25, 0.3) is 0 Å². The second kappa shape index (κ2) is 6.68. The Balaban J connectivity index is 2.15. The van der Waals surface area contributed by atoms with E-state index in [1.54, 1.807) is 21.3 Å². The van der Waals surface area contributed by atoms with Gasteiger partial charge in [-0.1, -0.05) is 0 Å². The van der Waals surface area contributed by atoms with E-state index in [9.17, 15) is 0 Å². The SMILES string of the molecule is CO[Si](CCCN(C)CC1CO1)(OC)OC. The maximum absolute atomic E-state index is 5.36. The van der Waals surface area contributed by atoms with E-state index >= 15 is 0 Å². The number of epoxide rings is 1. The molecule has 0 N–H and O–H groups in total. The molecule has 1 fully saturated rings. The Morgan fingerprint density at radius 2 is 1.81 bits per heavy atom. The van der Waals surface area contributed by atoms with Gasteiger partial charge in [-0.05, 0) is 20.0 Å². The quantitative estimate of drug-likeness (QED) is 0.442. The Hall–Kier alpha value is 0.0169. The van der Waals surface area contributed by atoms with Crippen molar-refractivity contribution in [3.63, 3.8) is 0 Å². The van der Waals surface area contributed by atoms with E-state index in [1.807, 2.05) is 0 Å². The van der Waals surface area contributed by atoms with E-state index in [0.717, 1.165) is 32.2 Å². The predicted octanol–water partition coefficient (Wildman–Crippen LogP) is 0.585. The third-order valence-electron chi connectivity index (χ3n) is 2.87. The number of hydrogen-bond donors (Lipinski definition) is 0. The summed E-state index contributed by atoms with van der Waals surface area (Å²) in [5, 5.41) is 0. The van der Waals surface area contributed by atoms with Crippen LogP contribution in [0.3, 0.4) is 0 Å². The molecule has 1 aliphatic rings. The summed E-state index contributed by atoms with van der Waals surface area (Å²) in [6.45, 7) is 2.95. The Labute approximate surface area is 99.0 Å². The van der Waals surface area contributed by atoms with Crippen LogP contribution in [0.1, 0.15) is 6.42 Å². The molecule has 1 atom stereocenters. The molecular weight excluding hydrogens is 226 g/mol. The van der Waals surface area contributed by atoms with Crippen molar-refractivity contribution in [2.24, 2.45) is 0 Å². The minimum atomic E-state index is -2.37. The maximum atomic E-state index is 5.36. The van der Waals surface area contributed by atoms with E-state index in [0.29, 0.717) is 6.10 Å². The minimum Gasteiger partial charge on any atom is -0.377 e. The number of ether oxygens (including phenoxy) is 1. The van der Waals surface area contributed by atoms with Gasteiger partial charge >= 0.3 is 8.80 Å². The third-order valence-corrected chi connectivity index (χ3v) is 5.71. The lowest BCUT2D eigenvalue weighted by molar-refractivity contribution is 0.121. The first kappa shape index (κ1) is 14.1. The second-order valence-electron chi connectivity index (χ2n) is 4.12. The van der Waals surface area contributed by atoms with Crippen LogP contribution in [-0.2, 0) is 18.0 Å². The molecule has 6 heteroatoms. The van der Waals surface area contributed by atoms with Crippen LogP contribution in [0.5, 0.6) is 0 Å². The van der Waals surface area contributed by atoms with E-state index < -0.39 is 8.80 Å². The summed E-state index contributed by atoms with van der Waals surface area (Å²) in [5.41, 5.74) is 0. The van der Waals surface area contributed by atoms with Crippen molar-refractivity contribution in [2.75, 3.05) is 48.1 Å². The standard InChI is InChI=1S/C10H23NO4Si/c1-11(8-10-9-15-10)6-5-7-16(12-2,13-3)14-4/h10H,5-9H2,1-4H3. The minimum absolute atomic E-state index is 0.458. The van der Waals surface area contributed by atoms with Crippen molar-refractivity contribution in [1.82, 2.24) is 4.90 Å². The molecule has 0 amide bonds. The number of nitrogens with zero attached hydrogens (tertiary/aromatic N) is 1. The van der Waals surface area contributed by atoms with Gasteiger partial charge in [-0.3, -0.25) is 0 Å². The van der Waals surface area contributed by atoms with Crippen LogP contribution in [0.15, 0.2) is 0 Å². The molecule has 0 saturated carbocycles. The number of hydrogen-bond acceptors (Lipinski definition) is 5. The van der Waals surface area contributed by atoms with Gasteiger partial charge in [0, 0.05) is 33.9 Å². The molecule has 0 spiro atoms. The van der Waals surface area contributed by atoms with Crippen LogP contribution in [0, 0.1) is 0 Å². The van der Waals surface area contributed by atoms with Gasteiger partial charge < -0.3 is 22.9 Å². The van der Waals surface area contributed by atoms with Crippen molar-refractivity contribution in [1.29, 1.82) is 0 Å². The smallest absolute Gasteiger partial charge is 0.377 e. The fourth-order valence-corrected chi connectivity index (χ4v) is 3.44. The highest BCUT2D eigenvalue weighted by Gasteiger charge is 2.37. The van der Waals surface area contributed by atoms with E-state index in [-0.39, 0.29) is 0 Å². The first-order valence-electron chi connectivity index (χ1n) is 5.61. The molecule has 96 valence electrons. The molecule has 1 aliphatic heterocycles. The Kier molecular flexibility index (Phi) is 5.88. The van der Waals surface area contributed by atoms with E-state index in [2.05, 4.69) is 11.9 Å². The summed E-state index contributed by atoms with van der Waals surface area (Å²) < 4.78 is 21.3. The summed E-state index contributed by atoms with van der Waals surface area (Å²) >= 11 is 0. The molecule has 1 unspecified atom stereocenters. The molecule has 0 bridgehead atoms. The largest absolute Gasteiger partial charge is 0.500 e. The Morgan fingerprint density at radius 3 is 2.25 bits per heavy atom. The zero-order valence-corrected chi connectivity index (χ0v) is 11.7. The molecule has 0 aromatic carbocycles. The summed E-state index contributed by atoms with van der Waals surface area (Å²) in [4.78, 5) is 2.28. The van der Waals surface area contributed by atoms with Crippen LogP contribution < -0.4 is 0 Å². The van der Waals surface area contributed by atoms with Crippen LogP contribution in [0.2, 0.25) is 6.04 Å². The zero-order valence-electron chi connectivity index (χ0n) is 10.7. The highest BCUT2D eigenvalue weighted by molar-refractivity contribution is 6.60. The monoisotopic (exact) mass is 249 g/mol. The lowest BCUT2D eigenvalue weighted by Crippen LogP contribution is -2.43. The fourth-order valence-electron chi connectivity index (χ4n) is 1.73. The fraction of sp³-hybridized carbons (Fsp3) is 1.00. The van der Waals surface area contributed by atoms with Gasteiger partial charge in [-0.25, -0.2) is 0 Å². The normalized spacial score (nSPS) is 20.4. The summed E-state index contributed by atoms with van der Waals surface area (Å²) in [6, 6.07) is 0.854. The van der Waals surface area contributed by atoms with E-state index in [1.165, 1.54) is 0 Å². The van der Waals surface area contributed by atoms with Crippen LogP contribution in [-0.4, -0.2) is 67.9 Å². The average Bonchev–Trinajstić information content (AvgIpc) is 3.09. The lowest BCUT2D eigenvalue weighted by Gasteiger charge is -2.25. The predicted molar refractivity (Wildman–Crippen MR) is 63.4 cm³/mol. The van der Waals surface area contributed by atoms with Gasteiger partial charge in [0.15, 0.2) is 0 Å². The second-order valence-corrected chi connectivity index (χ2v) is 7.21. The Bertz CT molecular complexity index is 189. The first-order chi connectivity index (χ1) is 7.65. The molecule has 1 rings (SSSR count). The maximum Gasteiger partial charge on any atom is 0.500 e. The van der Waals surface area contributed by atoms with Crippen molar-refractivity contribution in [2.45, 2.75) is 18.6 Å². The highest BCUT2D eigenvalue weighted by atomic mass is 28.4. The molecule has 0 aliphatic carbocycles.